The molecule has 1 rings (SSSR count). The van der Waals surface area contributed by atoms with Gasteiger partial charge in [0.1, 0.15) is 0 Å². The summed E-state index contributed by atoms with van der Waals surface area (Å²) in [5, 5.41) is 3.57. The molecular weight excluding hydrogens is 220 g/mol. The Morgan fingerprint density at radius 1 is 1.17 bits per heavy atom. The van der Waals surface area contributed by atoms with Crippen molar-refractivity contribution in [2.24, 2.45) is 11.7 Å². The Morgan fingerprint density at radius 2 is 1.78 bits per heavy atom. The molecule has 0 saturated heterocycles. The molecule has 2 nitrogen and oxygen atoms in total. The van der Waals surface area contributed by atoms with Gasteiger partial charge in [0.05, 0.1) is 0 Å². The first-order valence-electron chi connectivity index (χ1n) is 6.96. The van der Waals surface area contributed by atoms with Gasteiger partial charge in [-0.25, -0.2) is 0 Å². The number of benzene rings is 1. The van der Waals surface area contributed by atoms with E-state index in [1.165, 1.54) is 5.56 Å². The van der Waals surface area contributed by atoms with Gasteiger partial charge in [0.25, 0.3) is 0 Å². The lowest BCUT2D eigenvalue weighted by atomic mass is 9.81. The van der Waals surface area contributed by atoms with Crippen molar-refractivity contribution in [1.29, 1.82) is 0 Å². The Hall–Kier alpha value is -0.860. The lowest BCUT2D eigenvalue weighted by Gasteiger charge is -2.28. The highest BCUT2D eigenvalue weighted by atomic mass is 14.9. The van der Waals surface area contributed by atoms with Gasteiger partial charge in [0, 0.05) is 12.6 Å². The average molecular weight is 248 g/mol. The van der Waals surface area contributed by atoms with E-state index >= 15 is 0 Å². The average Bonchev–Trinajstić information content (AvgIpc) is 2.35. The summed E-state index contributed by atoms with van der Waals surface area (Å²) in [6, 6.07) is 11.1. The van der Waals surface area contributed by atoms with Crippen LogP contribution >= 0.6 is 0 Å². The van der Waals surface area contributed by atoms with Crippen LogP contribution in [0.4, 0.5) is 0 Å². The van der Waals surface area contributed by atoms with Crippen LogP contribution in [0.2, 0.25) is 0 Å². The maximum Gasteiger partial charge on any atom is 0.0213 e. The first kappa shape index (κ1) is 15.2. The van der Waals surface area contributed by atoms with Crippen LogP contribution in [-0.2, 0) is 5.41 Å². The molecule has 0 bridgehead atoms. The summed E-state index contributed by atoms with van der Waals surface area (Å²) in [7, 11) is 0. The zero-order chi connectivity index (χ0) is 13.6. The summed E-state index contributed by atoms with van der Waals surface area (Å²) in [5.41, 5.74) is 7.39. The van der Waals surface area contributed by atoms with Crippen LogP contribution in [-0.4, -0.2) is 19.1 Å². The molecule has 1 aromatic carbocycles. The Balaban J connectivity index is 2.47. The molecular formula is C16H28N2. The zero-order valence-corrected chi connectivity index (χ0v) is 12.2. The third-order valence-corrected chi connectivity index (χ3v) is 3.77. The van der Waals surface area contributed by atoms with Gasteiger partial charge in [0.15, 0.2) is 0 Å². The van der Waals surface area contributed by atoms with E-state index in [-0.39, 0.29) is 5.41 Å². The lowest BCUT2D eigenvalue weighted by Crippen LogP contribution is -2.41. The van der Waals surface area contributed by atoms with Gasteiger partial charge >= 0.3 is 0 Å². The van der Waals surface area contributed by atoms with E-state index in [0.29, 0.717) is 18.5 Å². The summed E-state index contributed by atoms with van der Waals surface area (Å²) < 4.78 is 0. The van der Waals surface area contributed by atoms with Crippen LogP contribution in [0.15, 0.2) is 30.3 Å². The van der Waals surface area contributed by atoms with E-state index in [9.17, 15) is 0 Å². The molecule has 0 heterocycles. The SMILES string of the molecule is CC(C)C(CN)NCCC(C)(C)c1ccccc1. The minimum absolute atomic E-state index is 0.213. The highest BCUT2D eigenvalue weighted by Crippen LogP contribution is 2.26. The van der Waals surface area contributed by atoms with Crippen molar-refractivity contribution < 1.29 is 0 Å². The quantitative estimate of drug-likeness (QED) is 0.778. The van der Waals surface area contributed by atoms with Crippen molar-refractivity contribution in [3.63, 3.8) is 0 Å². The Labute approximate surface area is 112 Å². The predicted octanol–water partition coefficient (Wildman–Crippen LogP) is 2.93. The molecule has 0 aromatic heterocycles. The maximum atomic E-state index is 5.77. The van der Waals surface area contributed by atoms with Gasteiger partial charge in [-0.2, -0.15) is 0 Å². The fourth-order valence-electron chi connectivity index (χ4n) is 2.19. The van der Waals surface area contributed by atoms with Crippen molar-refractivity contribution in [3.8, 4) is 0 Å². The highest BCUT2D eigenvalue weighted by Gasteiger charge is 2.20. The van der Waals surface area contributed by atoms with E-state index < -0.39 is 0 Å². The van der Waals surface area contributed by atoms with Crippen molar-refractivity contribution in [2.45, 2.75) is 45.6 Å². The first-order chi connectivity index (χ1) is 8.47. The zero-order valence-electron chi connectivity index (χ0n) is 12.2. The topological polar surface area (TPSA) is 38.0 Å². The molecule has 18 heavy (non-hydrogen) atoms. The van der Waals surface area contributed by atoms with Gasteiger partial charge in [-0.15, -0.1) is 0 Å². The molecule has 0 saturated carbocycles. The van der Waals surface area contributed by atoms with Crippen molar-refractivity contribution in [2.75, 3.05) is 13.1 Å². The summed E-state index contributed by atoms with van der Waals surface area (Å²) in [4.78, 5) is 0. The summed E-state index contributed by atoms with van der Waals surface area (Å²) in [6.07, 6.45) is 1.13. The number of hydrogen-bond donors (Lipinski definition) is 2. The minimum atomic E-state index is 0.213. The van der Waals surface area contributed by atoms with Crippen molar-refractivity contribution in [1.82, 2.24) is 5.32 Å². The minimum Gasteiger partial charge on any atom is -0.329 e. The van der Waals surface area contributed by atoms with E-state index in [2.05, 4.69) is 63.3 Å². The monoisotopic (exact) mass is 248 g/mol. The molecule has 0 aliphatic rings. The molecule has 0 aliphatic heterocycles. The molecule has 3 N–H and O–H groups in total. The smallest absolute Gasteiger partial charge is 0.0213 e. The van der Waals surface area contributed by atoms with Crippen LogP contribution in [0.5, 0.6) is 0 Å². The largest absolute Gasteiger partial charge is 0.329 e. The second kappa shape index (κ2) is 6.91. The van der Waals surface area contributed by atoms with E-state index in [1.807, 2.05) is 0 Å². The van der Waals surface area contributed by atoms with Crippen LogP contribution in [0.1, 0.15) is 39.7 Å². The highest BCUT2D eigenvalue weighted by molar-refractivity contribution is 5.23. The van der Waals surface area contributed by atoms with E-state index in [4.69, 9.17) is 5.73 Å². The third kappa shape index (κ3) is 4.43. The van der Waals surface area contributed by atoms with Gasteiger partial charge in [-0.05, 0) is 29.9 Å². The first-order valence-corrected chi connectivity index (χ1v) is 6.96. The predicted molar refractivity (Wildman–Crippen MR) is 79.8 cm³/mol. The number of rotatable bonds is 7. The van der Waals surface area contributed by atoms with Gasteiger partial charge < -0.3 is 11.1 Å². The Morgan fingerprint density at radius 3 is 2.28 bits per heavy atom. The third-order valence-electron chi connectivity index (χ3n) is 3.77. The molecule has 2 heteroatoms. The molecule has 0 amide bonds. The van der Waals surface area contributed by atoms with Gasteiger partial charge in [-0.1, -0.05) is 58.0 Å². The fourth-order valence-corrected chi connectivity index (χ4v) is 2.19. The van der Waals surface area contributed by atoms with Crippen LogP contribution in [0.25, 0.3) is 0 Å². The molecule has 0 aliphatic carbocycles. The van der Waals surface area contributed by atoms with E-state index in [1.54, 1.807) is 0 Å². The Kier molecular flexibility index (Phi) is 5.83. The molecule has 0 radical (unpaired) electrons. The number of hydrogen-bond acceptors (Lipinski definition) is 2. The molecule has 1 aromatic rings. The summed E-state index contributed by atoms with van der Waals surface area (Å²) >= 11 is 0. The molecule has 102 valence electrons. The number of nitrogens with one attached hydrogen (secondary N) is 1. The molecule has 1 atom stereocenters. The van der Waals surface area contributed by atoms with Gasteiger partial charge in [-0.3, -0.25) is 0 Å². The second-order valence-corrected chi connectivity index (χ2v) is 6.04. The number of nitrogens with two attached hydrogens (primary N) is 1. The summed E-state index contributed by atoms with van der Waals surface area (Å²) in [6.45, 7) is 10.8. The van der Waals surface area contributed by atoms with Crippen molar-refractivity contribution >= 4 is 0 Å². The van der Waals surface area contributed by atoms with Crippen molar-refractivity contribution in [3.05, 3.63) is 35.9 Å². The molecule has 0 fully saturated rings. The van der Waals surface area contributed by atoms with E-state index in [0.717, 1.165) is 13.0 Å². The normalized spacial score (nSPS) is 13.9. The van der Waals surface area contributed by atoms with Gasteiger partial charge in [0.2, 0.25) is 0 Å². The molecule has 0 spiro atoms. The second-order valence-electron chi connectivity index (χ2n) is 6.04. The molecule has 1 unspecified atom stereocenters. The Bertz CT molecular complexity index is 330. The lowest BCUT2D eigenvalue weighted by molar-refractivity contribution is 0.373. The fraction of sp³-hybridized carbons (Fsp3) is 0.625. The summed E-state index contributed by atoms with van der Waals surface area (Å²) in [5.74, 6) is 0.592. The van der Waals surface area contributed by atoms with Crippen LogP contribution < -0.4 is 11.1 Å². The maximum absolute atomic E-state index is 5.77. The van der Waals surface area contributed by atoms with Crippen LogP contribution in [0.3, 0.4) is 0 Å². The standard InChI is InChI=1S/C16H28N2/c1-13(2)15(12-17)18-11-10-16(3,4)14-8-6-5-7-9-14/h5-9,13,15,18H,10-12,17H2,1-4H3. The van der Waals surface area contributed by atoms with Crippen LogP contribution in [0, 0.1) is 5.92 Å².